The Bertz CT molecular complexity index is 361. The Morgan fingerprint density at radius 2 is 2.05 bits per heavy atom. The van der Waals surface area contributed by atoms with Crippen LogP contribution in [0, 0.1) is 0 Å². The molecule has 2 atom stereocenters. The van der Waals surface area contributed by atoms with Crippen LogP contribution in [0.1, 0.15) is 32.1 Å². The lowest BCUT2D eigenvalue weighted by atomic mass is 9.77. The minimum absolute atomic E-state index is 0.145. The normalized spacial score (nSPS) is 29.1. The first kappa shape index (κ1) is 14.3. The Morgan fingerprint density at radius 1 is 1.37 bits per heavy atom. The van der Waals surface area contributed by atoms with Gasteiger partial charge in [0.05, 0.1) is 18.1 Å². The zero-order valence-electron chi connectivity index (χ0n) is 11.4. The molecule has 1 aliphatic heterocycles. The molecule has 1 aliphatic carbocycles. The summed E-state index contributed by atoms with van der Waals surface area (Å²) in [6.45, 7) is 0.353. The molecular formula is C13H21NO5. The highest BCUT2D eigenvalue weighted by Gasteiger charge is 2.45. The van der Waals surface area contributed by atoms with Crippen molar-refractivity contribution in [3.63, 3.8) is 0 Å². The number of hydrogen-bond donors (Lipinski definition) is 1. The van der Waals surface area contributed by atoms with Crippen molar-refractivity contribution in [1.82, 2.24) is 4.90 Å². The van der Waals surface area contributed by atoms with Crippen molar-refractivity contribution in [2.75, 3.05) is 20.8 Å². The molecule has 6 heteroatoms. The van der Waals surface area contributed by atoms with E-state index in [2.05, 4.69) is 0 Å². The van der Waals surface area contributed by atoms with Crippen molar-refractivity contribution in [1.29, 1.82) is 0 Å². The van der Waals surface area contributed by atoms with Crippen molar-refractivity contribution < 1.29 is 24.2 Å². The molecule has 0 aromatic rings. The van der Waals surface area contributed by atoms with Crippen molar-refractivity contribution in [2.45, 2.75) is 49.9 Å². The Hall–Kier alpha value is -1.14. The maximum atomic E-state index is 12.3. The molecule has 1 heterocycles. The van der Waals surface area contributed by atoms with Crippen LogP contribution in [0.3, 0.4) is 0 Å². The minimum atomic E-state index is -0.965. The number of carboxylic acid groups (broad SMARTS) is 1. The summed E-state index contributed by atoms with van der Waals surface area (Å²) in [7, 11) is 3.16. The molecule has 2 rings (SSSR count). The molecule has 1 saturated heterocycles. The molecule has 0 radical (unpaired) electrons. The van der Waals surface area contributed by atoms with Gasteiger partial charge < -0.3 is 19.5 Å². The van der Waals surface area contributed by atoms with Crippen molar-refractivity contribution in [3.05, 3.63) is 0 Å². The third-order valence-corrected chi connectivity index (χ3v) is 4.37. The first-order valence-corrected chi connectivity index (χ1v) is 6.61. The van der Waals surface area contributed by atoms with E-state index in [1.807, 2.05) is 0 Å². The summed E-state index contributed by atoms with van der Waals surface area (Å²) in [5.41, 5.74) is -0.370. The van der Waals surface area contributed by atoms with Crippen LogP contribution in [0.25, 0.3) is 0 Å². The van der Waals surface area contributed by atoms with Gasteiger partial charge in [0.15, 0.2) is 0 Å². The summed E-state index contributed by atoms with van der Waals surface area (Å²) in [6, 6.07) is -0.772. The fraction of sp³-hybridized carbons (Fsp3) is 0.846. The molecule has 1 saturated carbocycles. The van der Waals surface area contributed by atoms with Gasteiger partial charge in [-0.1, -0.05) is 0 Å². The molecule has 19 heavy (non-hydrogen) atoms. The van der Waals surface area contributed by atoms with E-state index in [1.165, 1.54) is 4.90 Å². The molecule has 2 aliphatic rings. The van der Waals surface area contributed by atoms with Crippen molar-refractivity contribution >= 4 is 11.9 Å². The summed E-state index contributed by atoms with van der Waals surface area (Å²) < 4.78 is 10.6. The van der Waals surface area contributed by atoms with Gasteiger partial charge in [0.25, 0.3) is 0 Å². The number of aliphatic carboxylic acids is 1. The highest BCUT2D eigenvalue weighted by Crippen LogP contribution is 2.39. The molecule has 2 fully saturated rings. The molecule has 1 amide bonds. The summed E-state index contributed by atoms with van der Waals surface area (Å²) in [6.07, 6.45) is 3.24. The Kier molecular flexibility index (Phi) is 4.10. The quantitative estimate of drug-likeness (QED) is 0.794. The first-order valence-electron chi connectivity index (χ1n) is 6.61. The van der Waals surface area contributed by atoms with Crippen molar-refractivity contribution in [3.8, 4) is 0 Å². The zero-order chi connectivity index (χ0) is 14.0. The fourth-order valence-electron chi connectivity index (χ4n) is 2.88. The molecule has 0 aromatic heterocycles. The molecule has 0 aromatic carbocycles. The first-order chi connectivity index (χ1) is 9.01. The van der Waals surface area contributed by atoms with Gasteiger partial charge in [-0.25, -0.2) is 4.79 Å². The van der Waals surface area contributed by atoms with Gasteiger partial charge in [0.1, 0.15) is 6.04 Å². The second kappa shape index (κ2) is 5.46. The van der Waals surface area contributed by atoms with Gasteiger partial charge in [-0.3, -0.25) is 4.79 Å². The minimum Gasteiger partial charge on any atom is -0.480 e. The van der Waals surface area contributed by atoms with Crippen LogP contribution in [0.5, 0.6) is 0 Å². The van der Waals surface area contributed by atoms with Gasteiger partial charge in [-0.15, -0.1) is 0 Å². The van der Waals surface area contributed by atoms with E-state index in [-0.39, 0.29) is 24.0 Å². The number of carboxylic acids is 1. The highest BCUT2D eigenvalue weighted by atomic mass is 16.5. The smallest absolute Gasteiger partial charge is 0.326 e. The van der Waals surface area contributed by atoms with Gasteiger partial charge in [0, 0.05) is 27.2 Å². The van der Waals surface area contributed by atoms with E-state index in [4.69, 9.17) is 9.47 Å². The second-order valence-electron chi connectivity index (χ2n) is 5.41. The maximum absolute atomic E-state index is 12.3. The predicted molar refractivity (Wildman–Crippen MR) is 66.8 cm³/mol. The molecule has 2 unspecified atom stereocenters. The summed E-state index contributed by atoms with van der Waals surface area (Å²) >= 11 is 0. The SMILES string of the molecule is COC1CC(C(=O)O)N(C(=O)CC2(OC)CCC2)C1. The highest BCUT2D eigenvalue weighted by molar-refractivity contribution is 5.85. The van der Waals surface area contributed by atoms with E-state index < -0.39 is 12.0 Å². The Balaban J connectivity index is 2.02. The number of nitrogens with zero attached hydrogens (tertiary/aromatic N) is 1. The maximum Gasteiger partial charge on any atom is 0.326 e. The zero-order valence-corrected chi connectivity index (χ0v) is 11.4. The predicted octanol–water partition coefficient (Wildman–Crippen LogP) is 0.646. The van der Waals surface area contributed by atoms with E-state index in [9.17, 15) is 14.7 Å². The van der Waals surface area contributed by atoms with Gasteiger partial charge >= 0.3 is 5.97 Å². The van der Waals surface area contributed by atoms with E-state index in [0.717, 1.165) is 19.3 Å². The lowest BCUT2D eigenvalue weighted by Gasteiger charge is -2.41. The molecule has 0 spiro atoms. The largest absolute Gasteiger partial charge is 0.480 e. The van der Waals surface area contributed by atoms with E-state index >= 15 is 0 Å². The molecular weight excluding hydrogens is 250 g/mol. The fourth-order valence-corrected chi connectivity index (χ4v) is 2.88. The van der Waals surface area contributed by atoms with Crippen LogP contribution in [-0.2, 0) is 19.1 Å². The van der Waals surface area contributed by atoms with Gasteiger partial charge in [0.2, 0.25) is 5.91 Å². The number of amides is 1. The summed E-state index contributed by atoms with van der Waals surface area (Å²) in [4.78, 5) is 25.0. The lowest BCUT2D eigenvalue weighted by Crippen LogP contribution is -2.48. The number of hydrogen-bond acceptors (Lipinski definition) is 4. The third-order valence-electron chi connectivity index (χ3n) is 4.37. The van der Waals surface area contributed by atoms with Gasteiger partial charge in [-0.05, 0) is 19.3 Å². The average Bonchev–Trinajstić information content (AvgIpc) is 2.78. The van der Waals surface area contributed by atoms with E-state index in [1.54, 1.807) is 14.2 Å². The van der Waals surface area contributed by atoms with Crippen LogP contribution >= 0.6 is 0 Å². The number of carbonyl (C=O) groups excluding carboxylic acids is 1. The summed E-state index contributed by atoms with van der Waals surface area (Å²) in [5, 5.41) is 9.19. The van der Waals surface area contributed by atoms with Crippen LogP contribution < -0.4 is 0 Å². The van der Waals surface area contributed by atoms with Crippen LogP contribution in [0.15, 0.2) is 0 Å². The Labute approximate surface area is 112 Å². The number of carbonyl (C=O) groups is 2. The number of rotatable bonds is 5. The third kappa shape index (κ3) is 2.74. The second-order valence-corrected chi connectivity index (χ2v) is 5.41. The molecule has 1 N–H and O–H groups in total. The van der Waals surface area contributed by atoms with Crippen LogP contribution in [0.4, 0.5) is 0 Å². The topological polar surface area (TPSA) is 76.1 Å². The number of likely N-dealkylation sites (tertiary alicyclic amines) is 1. The number of ether oxygens (including phenoxy) is 2. The van der Waals surface area contributed by atoms with E-state index in [0.29, 0.717) is 13.0 Å². The van der Waals surface area contributed by atoms with Gasteiger partial charge in [-0.2, -0.15) is 0 Å². The number of methoxy groups -OCH3 is 2. The molecule has 108 valence electrons. The van der Waals surface area contributed by atoms with Crippen molar-refractivity contribution in [2.24, 2.45) is 0 Å². The van der Waals surface area contributed by atoms with Crippen LogP contribution in [-0.4, -0.2) is 60.4 Å². The monoisotopic (exact) mass is 271 g/mol. The molecule has 0 bridgehead atoms. The standard InChI is InChI=1S/C13H21NO5/c1-18-9-6-10(12(16)17)14(8-9)11(15)7-13(19-2)4-3-5-13/h9-10H,3-8H2,1-2H3,(H,16,17). The lowest BCUT2D eigenvalue weighted by molar-refractivity contribution is -0.153. The average molecular weight is 271 g/mol. The molecule has 6 nitrogen and oxygen atoms in total. The Morgan fingerprint density at radius 3 is 2.47 bits per heavy atom. The van der Waals surface area contributed by atoms with Crippen LogP contribution in [0.2, 0.25) is 0 Å². The summed E-state index contributed by atoms with van der Waals surface area (Å²) in [5.74, 6) is -1.11.